The average molecular weight is 675 g/mol. The fraction of sp³-hybridized carbons (Fsp3) is 0.375. The minimum Gasteiger partial charge on any atom is -0.507 e. The van der Waals surface area contributed by atoms with Gasteiger partial charge in [-0.25, -0.2) is 0 Å². The molecule has 4 aromatic carbocycles. The van der Waals surface area contributed by atoms with Crippen LogP contribution in [0.4, 0.5) is 0 Å². The molecule has 0 aliphatic heterocycles. The first-order valence-electron chi connectivity index (χ1n) is 13.2. The summed E-state index contributed by atoms with van der Waals surface area (Å²) in [5.41, 5.74) is 1.86. The van der Waals surface area contributed by atoms with Crippen molar-refractivity contribution in [2.45, 2.75) is 77.8 Å². The van der Waals surface area contributed by atoms with Crippen LogP contribution >= 0.6 is 31.9 Å². The normalized spacial score (nSPS) is 12.9. The molecular formula is C32H42Br2O2Si2. The highest BCUT2D eigenvalue weighted by Crippen LogP contribution is 2.47. The summed E-state index contributed by atoms with van der Waals surface area (Å²) in [7, 11) is -3.18. The van der Waals surface area contributed by atoms with Gasteiger partial charge in [-0.1, -0.05) is 96.1 Å². The Morgan fingerprint density at radius 2 is 1.08 bits per heavy atom. The lowest BCUT2D eigenvalue weighted by atomic mass is 9.93. The predicted octanol–water partition coefficient (Wildman–Crippen LogP) is 11.9. The maximum Gasteiger partial charge on any atom is 0.178 e. The molecule has 0 saturated heterocycles. The van der Waals surface area contributed by atoms with Gasteiger partial charge in [0, 0.05) is 20.1 Å². The fourth-order valence-electron chi connectivity index (χ4n) is 4.00. The van der Waals surface area contributed by atoms with E-state index in [2.05, 4.69) is 124 Å². The second-order valence-corrected chi connectivity index (χ2v) is 24.6. The molecule has 4 aromatic rings. The second-order valence-electron chi connectivity index (χ2n) is 13.1. The van der Waals surface area contributed by atoms with Gasteiger partial charge >= 0.3 is 0 Å². The molecule has 0 bridgehead atoms. The van der Waals surface area contributed by atoms with Gasteiger partial charge in [-0.15, -0.1) is 0 Å². The van der Waals surface area contributed by atoms with E-state index in [1.54, 1.807) is 6.07 Å². The summed E-state index contributed by atoms with van der Waals surface area (Å²) in [5, 5.41) is 15.6. The zero-order chi connectivity index (χ0) is 28.7. The first-order chi connectivity index (χ1) is 17.4. The lowest BCUT2D eigenvalue weighted by Gasteiger charge is -2.47. The van der Waals surface area contributed by atoms with Gasteiger partial charge in [-0.3, -0.25) is 0 Å². The van der Waals surface area contributed by atoms with Crippen LogP contribution < -0.4 is 0 Å². The highest BCUT2D eigenvalue weighted by Gasteiger charge is 2.46. The number of rotatable bonds is 3. The molecule has 2 nitrogen and oxygen atoms in total. The molecule has 0 aromatic heterocycles. The standard InChI is InChI=1S/C20H12Br2O.C12H30OSi2/c21-16-11-13-6-2-4-8-15(13)19(20(16)22)18-14-7-3-1-5-12(14)9-10-17(18)23;1-11(2,3)14(7,8)13-15(9,10)12(4,5)6/h1-11,23H;1-10H3. The Bertz CT molecular complexity index is 1420. The fourth-order valence-corrected chi connectivity index (χ4v) is 12.5. The van der Waals surface area contributed by atoms with Crippen molar-refractivity contribution in [2.24, 2.45) is 0 Å². The molecule has 0 amide bonds. The SMILES string of the molecule is CC(C)(C)[Si](C)(C)O[Si](C)(C)C(C)(C)C.Oc1ccc2ccccc2c1-c1c(Br)c(Br)cc2ccccc12. The summed E-state index contributed by atoms with van der Waals surface area (Å²) >= 11 is 7.32. The second kappa shape index (κ2) is 11.2. The summed E-state index contributed by atoms with van der Waals surface area (Å²) in [4.78, 5) is 0. The quantitative estimate of drug-likeness (QED) is 0.219. The first-order valence-corrected chi connectivity index (χ1v) is 20.6. The van der Waals surface area contributed by atoms with Crippen LogP contribution in [0.2, 0.25) is 36.3 Å². The molecule has 1 N–H and O–H groups in total. The van der Waals surface area contributed by atoms with E-state index in [1.165, 1.54) is 0 Å². The molecule has 0 heterocycles. The van der Waals surface area contributed by atoms with Crippen LogP contribution in [-0.4, -0.2) is 21.7 Å². The van der Waals surface area contributed by atoms with Crippen LogP contribution in [0.25, 0.3) is 32.7 Å². The monoisotopic (exact) mass is 672 g/mol. The van der Waals surface area contributed by atoms with Crippen molar-refractivity contribution >= 4 is 70.0 Å². The Kier molecular flexibility index (Phi) is 9.17. The summed E-state index contributed by atoms with van der Waals surface area (Å²) in [6, 6.07) is 22.1. The van der Waals surface area contributed by atoms with Gasteiger partial charge in [0.05, 0.1) is 0 Å². The smallest absolute Gasteiger partial charge is 0.178 e. The molecular weight excluding hydrogens is 632 g/mol. The topological polar surface area (TPSA) is 29.5 Å². The van der Waals surface area contributed by atoms with Crippen LogP contribution in [0.1, 0.15) is 41.5 Å². The van der Waals surface area contributed by atoms with Gasteiger partial charge in [0.15, 0.2) is 16.6 Å². The molecule has 0 aliphatic rings. The van der Waals surface area contributed by atoms with E-state index >= 15 is 0 Å². The van der Waals surface area contributed by atoms with E-state index in [9.17, 15) is 5.11 Å². The van der Waals surface area contributed by atoms with Gasteiger partial charge in [0.1, 0.15) is 5.75 Å². The number of halogens is 2. The van der Waals surface area contributed by atoms with Crippen molar-refractivity contribution in [1.82, 2.24) is 0 Å². The Balaban J connectivity index is 0.000000234. The van der Waals surface area contributed by atoms with Gasteiger partial charge in [-0.2, -0.15) is 0 Å². The molecule has 0 atom stereocenters. The third kappa shape index (κ3) is 6.47. The zero-order valence-electron chi connectivity index (χ0n) is 24.5. The number of hydrogen-bond acceptors (Lipinski definition) is 2. The van der Waals surface area contributed by atoms with Gasteiger partial charge in [0.2, 0.25) is 0 Å². The molecule has 0 aliphatic carbocycles. The van der Waals surface area contributed by atoms with E-state index in [-0.39, 0.29) is 5.75 Å². The Morgan fingerprint density at radius 1 is 0.632 bits per heavy atom. The summed E-state index contributed by atoms with van der Waals surface area (Å²) in [5.74, 6) is 0.285. The van der Waals surface area contributed by atoms with Crippen molar-refractivity contribution in [3.63, 3.8) is 0 Å². The van der Waals surface area contributed by atoms with Crippen LogP contribution in [0.5, 0.6) is 5.75 Å². The third-order valence-corrected chi connectivity index (χ3v) is 21.5. The number of phenolic OH excluding ortho intramolecular Hbond substituents is 1. The lowest BCUT2D eigenvalue weighted by Crippen LogP contribution is -2.53. The molecule has 4 rings (SSSR count). The number of phenols is 1. The highest BCUT2D eigenvalue weighted by atomic mass is 79.9. The largest absolute Gasteiger partial charge is 0.507 e. The first kappa shape index (κ1) is 31.1. The van der Waals surface area contributed by atoms with E-state index in [4.69, 9.17) is 4.12 Å². The van der Waals surface area contributed by atoms with Crippen molar-refractivity contribution in [1.29, 1.82) is 0 Å². The third-order valence-electron chi connectivity index (χ3n) is 8.22. The molecule has 0 unspecified atom stereocenters. The van der Waals surface area contributed by atoms with E-state index < -0.39 is 16.6 Å². The van der Waals surface area contributed by atoms with Crippen LogP contribution in [0.3, 0.4) is 0 Å². The maximum atomic E-state index is 10.6. The Hall–Kier alpha value is -1.45. The molecule has 0 radical (unpaired) electrons. The van der Waals surface area contributed by atoms with Crippen molar-refractivity contribution in [2.75, 3.05) is 0 Å². The average Bonchev–Trinajstić information content (AvgIpc) is 2.79. The number of aromatic hydroxyl groups is 1. The Morgan fingerprint density at radius 3 is 1.58 bits per heavy atom. The minimum atomic E-state index is -1.59. The number of fused-ring (bicyclic) bond motifs is 2. The van der Waals surface area contributed by atoms with E-state index in [0.29, 0.717) is 10.1 Å². The van der Waals surface area contributed by atoms with Crippen molar-refractivity contribution in [3.05, 3.63) is 75.7 Å². The van der Waals surface area contributed by atoms with Crippen molar-refractivity contribution < 1.29 is 9.22 Å². The number of benzene rings is 4. The zero-order valence-corrected chi connectivity index (χ0v) is 29.6. The van der Waals surface area contributed by atoms with Crippen molar-refractivity contribution in [3.8, 4) is 16.9 Å². The summed E-state index contributed by atoms with van der Waals surface area (Å²) < 4.78 is 8.55. The minimum absolute atomic E-state index is 0.285. The molecule has 6 heteroatoms. The van der Waals surface area contributed by atoms with E-state index in [0.717, 1.165) is 41.6 Å². The Labute approximate surface area is 248 Å². The van der Waals surface area contributed by atoms with Gasteiger partial charge in [-0.05, 0) is 102 Å². The molecule has 0 fully saturated rings. The molecule has 0 saturated carbocycles. The van der Waals surface area contributed by atoms with Crippen LogP contribution in [-0.2, 0) is 4.12 Å². The van der Waals surface area contributed by atoms with Crippen LogP contribution in [0, 0.1) is 0 Å². The van der Waals surface area contributed by atoms with Gasteiger partial charge < -0.3 is 9.22 Å². The molecule has 38 heavy (non-hydrogen) atoms. The van der Waals surface area contributed by atoms with Crippen LogP contribution in [0.15, 0.2) is 75.7 Å². The summed E-state index contributed by atoms with van der Waals surface area (Å²) in [6.07, 6.45) is 0. The van der Waals surface area contributed by atoms with E-state index in [1.807, 2.05) is 36.4 Å². The maximum absolute atomic E-state index is 10.6. The predicted molar refractivity (Wildman–Crippen MR) is 179 cm³/mol. The molecule has 204 valence electrons. The lowest BCUT2D eigenvalue weighted by molar-refractivity contribution is 0.449. The highest BCUT2D eigenvalue weighted by molar-refractivity contribution is 9.13. The summed E-state index contributed by atoms with van der Waals surface area (Å²) in [6.45, 7) is 23.3. The molecule has 0 spiro atoms. The number of hydrogen-bond donors (Lipinski definition) is 1. The van der Waals surface area contributed by atoms with Gasteiger partial charge in [0.25, 0.3) is 0 Å².